The zero-order chi connectivity index (χ0) is 9.00. The van der Waals surface area contributed by atoms with Crippen molar-refractivity contribution in [3.05, 3.63) is 0 Å². The third kappa shape index (κ3) is 357. The molecule has 0 aliphatic carbocycles. The van der Waals surface area contributed by atoms with Gasteiger partial charge in [0.1, 0.15) is 0 Å². The molecule has 79 valence electrons. The summed E-state index contributed by atoms with van der Waals surface area (Å²) in [5, 5.41) is 0. The van der Waals surface area contributed by atoms with Crippen LogP contribution >= 0.6 is 7.82 Å². The Kier molecular flexibility index (Phi) is 28.6. The second-order valence-corrected chi connectivity index (χ2v) is 2.88. The molecule has 0 spiro atoms. The van der Waals surface area contributed by atoms with Gasteiger partial charge in [-0.1, -0.05) is 0 Å². The molecule has 0 saturated carbocycles. The second-order valence-electron chi connectivity index (χ2n) is 0.961. The Morgan fingerprint density at radius 2 is 1.08 bits per heavy atom. The van der Waals surface area contributed by atoms with Crippen molar-refractivity contribution in [3.63, 3.8) is 0 Å². The fourth-order valence-electron chi connectivity index (χ4n) is 0. The molecule has 0 atom stereocenters. The molecule has 1 radical (unpaired) electrons. The average Bonchev–Trinajstić information content (AvgIpc) is 1.12. The van der Waals surface area contributed by atoms with Crippen LogP contribution in [0.1, 0.15) is 5.71 Å². The molecular formula is H9CaMgMnO8PS. The molecule has 0 amide bonds. The molecule has 0 unspecified atom stereocenters. The van der Waals surface area contributed by atoms with E-state index >= 15 is 0 Å². The van der Waals surface area contributed by atoms with E-state index < -0.39 is 18.2 Å². The molecule has 0 aliphatic heterocycles. The SMILES string of the molecule is O=P(O)(O)O.O=S(=O)(O)O.[Ca+2].[H-].[H-].[H-].[H-].[Mg+2].[Mn]. The molecular weight excluding hydrogens is 310 g/mol. The van der Waals surface area contributed by atoms with E-state index in [0.29, 0.717) is 0 Å². The Bertz CT molecular complexity index is 215. The van der Waals surface area contributed by atoms with Gasteiger partial charge in [-0.2, -0.15) is 8.42 Å². The fourth-order valence-corrected chi connectivity index (χ4v) is 0. The van der Waals surface area contributed by atoms with Crippen LogP contribution in [0.2, 0.25) is 0 Å². The first kappa shape index (κ1) is 29.6. The first-order valence-electron chi connectivity index (χ1n) is 1.48. The summed E-state index contributed by atoms with van der Waals surface area (Å²) in [6.07, 6.45) is 0. The third-order valence-corrected chi connectivity index (χ3v) is 0. The summed E-state index contributed by atoms with van der Waals surface area (Å²) in [5.74, 6) is 0. The van der Waals surface area contributed by atoms with Crippen LogP contribution in [0.25, 0.3) is 0 Å². The van der Waals surface area contributed by atoms with E-state index in [-0.39, 0.29) is 83.6 Å². The summed E-state index contributed by atoms with van der Waals surface area (Å²) in [4.78, 5) is 21.6. The molecule has 0 heterocycles. The minimum atomic E-state index is -4.67. The number of rotatable bonds is 0. The van der Waals surface area contributed by atoms with Crippen molar-refractivity contribution < 1.29 is 59.5 Å². The standard InChI is InChI=1S/Ca.Mg.Mn.H3O4P.H2O4S.4H/c;;;2*1-5(2,3)4;;;;/h;;;(H3,1,2,3,4);(H2,1,2,3,4);;;;/q2*+2;;;;4*-1. The van der Waals surface area contributed by atoms with E-state index in [1.54, 1.807) is 0 Å². The van der Waals surface area contributed by atoms with Crippen molar-refractivity contribution in [2.75, 3.05) is 0 Å². The van der Waals surface area contributed by atoms with Crippen LogP contribution < -0.4 is 0 Å². The fraction of sp³-hybridized carbons (Fsp3) is 0. The van der Waals surface area contributed by atoms with Crippen LogP contribution in [0.4, 0.5) is 0 Å². The molecule has 0 aromatic carbocycles. The average molecular weight is 319 g/mol. The second kappa shape index (κ2) is 12.6. The number of phosphoric acid groups is 1. The van der Waals surface area contributed by atoms with Crippen molar-refractivity contribution in [1.29, 1.82) is 0 Å². The van der Waals surface area contributed by atoms with Gasteiger partial charge >= 0.3 is 79.0 Å². The van der Waals surface area contributed by atoms with Gasteiger partial charge in [0, 0.05) is 17.1 Å². The van der Waals surface area contributed by atoms with Crippen LogP contribution in [0.15, 0.2) is 0 Å². The molecule has 13 heavy (non-hydrogen) atoms. The van der Waals surface area contributed by atoms with E-state index in [0.717, 1.165) is 0 Å². The Balaban J connectivity index is -0.00000000762. The maximum absolute atomic E-state index is 8.88. The predicted molar refractivity (Wildman–Crippen MR) is 44.4 cm³/mol. The number of hydrogen-bond donors (Lipinski definition) is 5. The minimum Gasteiger partial charge on any atom is -1.00 e. The summed E-state index contributed by atoms with van der Waals surface area (Å²) >= 11 is 0. The topological polar surface area (TPSA) is 152 Å². The van der Waals surface area contributed by atoms with E-state index in [1.165, 1.54) is 0 Å². The maximum atomic E-state index is 8.88. The smallest absolute Gasteiger partial charge is 1.00 e. The molecule has 5 N–H and O–H groups in total. The summed E-state index contributed by atoms with van der Waals surface area (Å²) in [6.45, 7) is 0. The van der Waals surface area contributed by atoms with Gasteiger partial charge in [0.25, 0.3) is 0 Å². The zero-order valence-electron chi connectivity index (χ0n) is 10.1. The molecule has 8 nitrogen and oxygen atoms in total. The van der Waals surface area contributed by atoms with Crippen molar-refractivity contribution in [2.24, 2.45) is 0 Å². The van der Waals surface area contributed by atoms with E-state index in [2.05, 4.69) is 0 Å². The minimum absolute atomic E-state index is 0. The summed E-state index contributed by atoms with van der Waals surface area (Å²) < 4.78 is 40.5. The normalized spacial score (nSPS) is 9.00. The van der Waals surface area contributed by atoms with Crippen LogP contribution in [0.3, 0.4) is 0 Å². The molecule has 0 bridgehead atoms. The Morgan fingerprint density at radius 3 is 1.08 bits per heavy atom. The van der Waals surface area contributed by atoms with Crippen LogP contribution in [0.5, 0.6) is 0 Å². The number of hydrogen-bond acceptors (Lipinski definition) is 3. The van der Waals surface area contributed by atoms with Crippen LogP contribution in [0, 0.1) is 0 Å². The Hall–Kier alpha value is 2.53. The van der Waals surface area contributed by atoms with Crippen LogP contribution in [-0.4, -0.2) is 93.0 Å². The zero-order valence-corrected chi connectivity index (χ0v) is 12.6. The van der Waals surface area contributed by atoms with Gasteiger partial charge in [-0.3, -0.25) is 9.11 Å². The van der Waals surface area contributed by atoms with Gasteiger partial charge in [0.05, 0.1) is 0 Å². The molecule has 0 aromatic heterocycles. The van der Waals surface area contributed by atoms with Crippen LogP contribution in [-0.2, 0) is 32.0 Å². The first-order valence-corrected chi connectivity index (χ1v) is 4.44. The molecule has 0 aliphatic rings. The monoisotopic (exact) mass is 319 g/mol. The van der Waals surface area contributed by atoms with Gasteiger partial charge in [0.2, 0.25) is 0 Å². The van der Waals surface area contributed by atoms with Crippen molar-refractivity contribution in [3.8, 4) is 0 Å². The molecule has 13 heteroatoms. The quantitative estimate of drug-likeness (QED) is 0.197. The van der Waals surface area contributed by atoms with Crippen molar-refractivity contribution in [2.45, 2.75) is 0 Å². The summed E-state index contributed by atoms with van der Waals surface area (Å²) in [5.41, 5.74) is 0. The van der Waals surface area contributed by atoms with Gasteiger partial charge < -0.3 is 20.4 Å². The predicted octanol–water partition coefficient (Wildman–Crippen LogP) is -1.90. The van der Waals surface area contributed by atoms with E-state index in [1.807, 2.05) is 0 Å². The van der Waals surface area contributed by atoms with Crippen molar-refractivity contribution in [1.82, 2.24) is 0 Å². The van der Waals surface area contributed by atoms with Gasteiger partial charge in [-0.15, -0.1) is 0 Å². The van der Waals surface area contributed by atoms with E-state index in [4.69, 9.17) is 36.8 Å². The maximum Gasteiger partial charge on any atom is 2.00 e. The largest absolute Gasteiger partial charge is 2.00 e. The van der Waals surface area contributed by atoms with Crippen molar-refractivity contribution >= 4 is 79.0 Å². The summed E-state index contributed by atoms with van der Waals surface area (Å²) in [7, 11) is -9.31. The summed E-state index contributed by atoms with van der Waals surface area (Å²) in [6, 6.07) is 0. The Morgan fingerprint density at radius 1 is 1.08 bits per heavy atom. The molecule has 0 aromatic rings. The van der Waals surface area contributed by atoms with Gasteiger partial charge in [-0.25, -0.2) is 4.57 Å². The van der Waals surface area contributed by atoms with Gasteiger partial charge in [0.15, 0.2) is 0 Å². The first-order chi connectivity index (χ1) is 4.00. The van der Waals surface area contributed by atoms with E-state index in [9.17, 15) is 0 Å². The van der Waals surface area contributed by atoms with Gasteiger partial charge in [-0.05, 0) is 0 Å². The third-order valence-electron chi connectivity index (χ3n) is 0. The Labute approximate surface area is 137 Å². The molecule has 0 saturated heterocycles. The molecule has 0 fully saturated rings. The molecule has 0 rings (SSSR count).